The van der Waals surface area contributed by atoms with Crippen molar-refractivity contribution in [3.8, 4) is 0 Å². The van der Waals surface area contributed by atoms with Crippen LogP contribution in [-0.2, 0) is 0 Å². The van der Waals surface area contributed by atoms with E-state index in [1.54, 1.807) is 24.3 Å². The Balaban J connectivity index is 0.00000169. The van der Waals surface area contributed by atoms with Crippen molar-refractivity contribution in [2.75, 3.05) is 0 Å². The Morgan fingerprint density at radius 3 is 2.36 bits per heavy atom. The number of carbonyl (C=O) groups is 1. The van der Waals surface area contributed by atoms with Crippen molar-refractivity contribution in [1.82, 2.24) is 0 Å². The van der Waals surface area contributed by atoms with E-state index in [1.165, 1.54) is 0 Å². The van der Waals surface area contributed by atoms with Gasteiger partial charge in [-0.3, -0.25) is 4.79 Å². The first-order valence-electron chi connectivity index (χ1n) is 4.20. The maximum atomic E-state index is 11.5. The first kappa shape index (κ1) is 13.4. The molecule has 1 aromatic rings. The second kappa shape index (κ2) is 6.02. The van der Waals surface area contributed by atoms with Gasteiger partial charge < -0.3 is 5.73 Å². The number of nitrogens with two attached hydrogens (primary N) is 1. The van der Waals surface area contributed by atoms with E-state index in [9.17, 15) is 4.79 Å². The summed E-state index contributed by atoms with van der Waals surface area (Å²) in [6.45, 7) is 1.89. The van der Waals surface area contributed by atoms with E-state index in [0.29, 0.717) is 17.0 Å². The normalized spacial score (nSPS) is 11.6. The molecule has 78 valence electrons. The standard InChI is InChI=1S/C10H12ClNO.ClH/c1-2-9(12)10(13)7-3-5-8(11)6-4-7;/h3-6,9H,2,12H2,1H3;1H. The Kier molecular flexibility index (Phi) is 5.77. The van der Waals surface area contributed by atoms with Crippen LogP contribution in [0.25, 0.3) is 0 Å². The number of Topliss-reactive ketones (excluding diaryl/α,β-unsaturated/α-hetero) is 1. The lowest BCUT2D eigenvalue weighted by Gasteiger charge is -2.06. The average Bonchev–Trinajstić information content (AvgIpc) is 2.17. The second-order valence-corrected chi connectivity index (χ2v) is 3.32. The summed E-state index contributed by atoms with van der Waals surface area (Å²) in [6.07, 6.45) is 0.654. The molecule has 1 unspecified atom stereocenters. The third-order valence-corrected chi connectivity index (χ3v) is 2.16. The molecule has 2 N–H and O–H groups in total. The van der Waals surface area contributed by atoms with Crippen molar-refractivity contribution in [2.45, 2.75) is 19.4 Å². The Bertz CT molecular complexity index is 297. The summed E-state index contributed by atoms with van der Waals surface area (Å²) >= 11 is 5.69. The summed E-state index contributed by atoms with van der Waals surface area (Å²) in [7, 11) is 0. The maximum Gasteiger partial charge on any atom is 0.179 e. The molecule has 1 rings (SSSR count). The van der Waals surface area contributed by atoms with Crippen LogP contribution in [0.3, 0.4) is 0 Å². The Labute approximate surface area is 94.8 Å². The SMILES string of the molecule is CCC(N)C(=O)c1ccc(Cl)cc1.Cl. The third kappa shape index (κ3) is 3.29. The molecule has 0 spiro atoms. The quantitative estimate of drug-likeness (QED) is 0.817. The van der Waals surface area contributed by atoms with Gasteiger partial charge in [0.25, 0.3) is 0 Å². The van der Waals surface area contributed by atoms with Crippen molar-refractivity contribution < 1.29 is 4.79 Å². The highest BCUT2D eigenvalue weighted by molar-refractivity contribution is 6.30. The zero-order valence-electron chi connectivity index (χ0n) is 7.87. The fraction of sp³-hybridized carbons (Fsp3) is 0.300. The van der Waals surface area contributed by atoms with Gasteiger partial charge in [-0.25, -0.2) is 0 Å². The van der Waals surface area contributed by atoms with Crippen LogP contribution in [0.5, 0.6) is 0 Å². The van der Waals surface area contributed by atoms with Crippen LogP contribution < -0.4 is 5.73 Å². The van der Waals surface area contributed by atoms with Crippen molar-refractivity contribution in [2.24, 2.45) is 5.73 Å². The summed E-state index contributed by atoms with van der Waals surface area (Å²) in [4.78, 5) is 11.5. The lowest BCUT2D eigenvalue weighted by Crippen LogP contribution is -2.29. The minimum Gasteiger partial charge on any atom is -0.321 e. The molecule has 0 amide bonds. The number of halogens is 2. The van der Waals surface area contributed by atoms with Crippen molar-refractivity contribution in [3.63, 3.8) is 0 Å². The average molecular weight is 234 g/mol. The molecule has 0 radical (unpaired) electrons. The lowest BCUT2D eigenvalue weighted by molar-refractivity contribution is 0.0959. The molecule has 1 atom stereocenters. The van der Waals surface area contributed by atoms with E-state index in [1.807, 2.05) is 6.92 Å². The summed E-state index contributed by atoms with van der Waals surface area (Å²) in [6, 6.07) is 6.37. The van der Waals surface area contributed by atoms with Gasteiger partial charge in [0.1, 0.15) is 0 Å². The van der Waals surface area contributed by atoms with Crippen LogP contribution >= 0.6 is 24.0 Å². The second-order valence-electron chi connectivity index (χ2n) is 2.89. The zero-order valence-corrected chi connectivity index (χ0v) is 9.44. The van der Waals surface area contributed by atoms with Gasteiger partial charge >= 0.3 is 0 Å². The molecule has 0 fully saturated rings. The molecule has 4 heteroatoms. The highest BCUT2D eigenvalue weighted by Crippen LogP contribution is 2.11. The highest BCUT2D eigenvalue weighted by atomic mass is 35.5. The molecule has 14 heavy (non-hydrogen) atoms. The molecule has 0 aliphatic rings. The van der Waals surface area contributed by atoms with Gasteiger partial charge in [-0.05, 0) is 30.7 Å². The molecule has 0 saturated carbocycles. The molecule has 0 aliphatic heterocycles. The largest absolute Gasteiger partial charge is 0.321 e. The van der Waals surface area contributed by atoms with Gasteiger partial charge in [0.05, 0.1) is 6.04 Å². The molecule has 0 saturated heterocycles. The number of hydrogen-bond acceptors (Lipinski definition) is 2. The Hall–Kier alpha value is -0.570. The van der Waals surface area contributed by atoms with Crippen LogP contribution in [-0.4, -0.2) is 11.8 Å². The molecule has 0 bridgehead atoms. The van der Waals surface area contributed by atoms with E-state index in [0.717, 1.165) is 0 Å². The van der Waals surface area contributed by atoms with Crippen LogP contribution in [0.4, 0.5) is 0 Å². The predicted octanol–water partition coefficient (Wildman–Crippen LogP) is 2.68. The Morgan fingerprint density at radius 1 is 1.43 bits per heavy atom. The first-order valence-corrected chi connectivity index (χ1v) is 4.58. The van der Waals surface area contributed by atoms with E-state index < -0.39 is 6.04 Å². The van der Waals surface area contributed by atoms with Crippen LogP contribution in [0.2, 0.25) is 5.02 Å². The summed E-state index contributed by atoms with van der Waals surface area (Å²) in [5.74, 6) is -0.0285. The number of ketones is 1. The van der Waals surface area contributed by atoms with E-state index >= 15 is 0 Å². The minimum absolute atomic E-state index is 0. The molecular weight excluding hydrogens is 221 g/mol. The van der Waals surface area contributed by atoms with Crippen LogP contribution in [0.15, 0.2) is 24.3 Å². The molecule has 0 aromatic heterocycles. The van der Waals surface area contributed by atoms with Crippen molar-refractivity contribution >= 4 is 29.8 Å². The Morgan fingerprint density at radius 2 is 1.93 bits per heavy atom. The zero-order chi connectivity index (χ0) is 9.84. The summed E-state index contributed by atoms with van der Waals surface area (Å²) < 4.78 is 0. The lowest BCUT2D eigenvalue weighted by atomic mass is 10.0. The molecule has 1 aromatic carbocycles. The van der Waals surface area contributed by atoms with Gasteiger partial charge in [0.15, 0.2) is 5.78 Å². The number of hydrogen-bond donors (Lipinski definition) is 1. The number of carbonyl (C=O) groups excluding carboxylic acids is 1. The van der Waals surface area contributed by atoms with Crippen molar-refractivity contribution in [1.29, 1.82) is 0 Å². The predicted molar refractivity (Wildman–Crippen MR) is 61.3 cm³/mol. The van der Waals surface area contributed by atoms with Crippen LogP contribution in [0.1, 0.15) is 23.7 Å². The summed E-state index contributed by atoms with van der Waals surface area (Å²) in [5.41, 5.74) is 6.23. The number of rotatable bonds is 3. The molecule has 0 aliphatic carbocycles. The fourth-order valence-electron chi connectivity index (χ4n) is 1.01. The highest BCUT2D eigenvalue weighted by Gasteiger charge is 2.12. The van der Waals surface area contributed by atoms with Gasteiger partial charge in [-0.2, -0.15) is 0 Å². The van der Waals surface area contributed by atoms with E-state index in [-0.39, 0.29) is 18.2 Å². The van der Waals surface area contributed by atoms with Crippen LogP contribution in [0, 0.1) is 0 Å². The smallest absolute Gasteiger partial charge is 0.179 e. The first-order chi connectivity index (χ1) is 6.15. The fourth-order valence-corrected chi connectivity index (χ4v) is 1.14. The molecule has 2 nitrogen and oxygen atoms in total. The monoisotopic (exact) mass is 233 g/mol. The molecule has 0 heterocycles. The van der Waals surface area contributed by atoms with Gasteiger partial charge in [-0.1, -0.05) is 18.5 Å². The van der Waals surface area contributed by atoms with E-state index in [2.05, 4.69) is 0 Å². The maximum absolute atomic E-state index is 11.5. The van der Waals surface area contributed by atoms with Crippen molar-refractivity contribution in [3.05, 3.63) is 34.9 Å². The number of benzene rings is 1. The molecular formula is C10H13Cl2NO. The van der Waals surface area contributed by atoms with E-state index in [4.69, 9.17) is 17.3 Å². The van der Waals surface area contributed by atoms with Gasteiger partial charge in [-0.15, -0.1) is 12.4 Å². The summed E-state index contributed by atoms with van der Waals surface area (Å²) in [5, 5.41) is 0.626. The minimum atomic E-state index is -0.402. The third-order valence-electron chi connectivity index (χ3n) is 1.91. The van der Waals surface area contributed by atoms with Gasteiger partial charge in [0, 0.05) is 10.6 Å². The topological polar surface area (TPSA) is 43.1 Å². The van der Waals surface area contributed by atoms with Gasteiger partial charge in [0.2, 0.25) is 0 Å².